The smallest absolute Gasteiger partial charge is 0.222 e. The average molecular weight is 380 g/mol. The highest BCUT2D eigenvalue weighted by Gasteiger charge is 2.19. The third-order valence-electron chi connectivity index (χ3n) is 5.54. The lowest BCUT2D eigenvalue weighted by Crippen LogP contribution is -2.35. The Bertz CT molecular complexity index is 972. The van der Waals surface area contributed by atoms with Gasteiger partial charge in [0.1, 0.15) is 11.6 Å². The quantitative estimate of drug-likeness (QED) is 0.682. The number of likely N-dealkylation sites (tertiary alicyclic amines) is 1. The van der Waals surface area contributed by atoms with Gasteiger partial charge in [0.2, 0.25) is 5.91 Å². The van der Waals surface area contributed by atoms with E-state index in [1.807, 2.05) is 29.2 Å². The number of nitrogens with one attached hydrogen (secondary N) is 1. The second kappa shape index (κ2) is 8.05. The van der Waals surface area contributed by atoms with Crippen molar-refractivity contribution in [1.29, 1.82) is 0 Å². The van der Waals surface area contributed by atoms with Crippen molar-refractivity contribution in [1.82, 2.24) is 9.88 Å². The molecule has 1 amide bonds. The number of piperidine rings is 1. The van der Waals surface area contributed by atoms with Gasteiger partial charge in [0.25, 0.3) is 0 Å². The number of halogens is 1. The monoisotopic (exact) mass is 380 g/mol. The van der Waals surface area contributed by atoms with E-state index in [9.17, 15) is 9.18 Å². The molecule has 0 aliphatic carbocycles. The lowest BCUT2D eigenvalue weighted by molar-refractivity contribution is -0.132. The zero-order chi connectivity index (χ0) is 19.5. The molecule has 1 aliphatic rings. The largest absolute Gasteiger partial charge is 0.497 e. The van der Waals surface area contributed by atoms with E-state index < -0.39 is 0 Å². The van der Waals surface area contributed by atoms with Crippen molar-refractivity contribution in [3.8, 4) is 17.0 Å². The maximum Gasteiger partial charge on any atom is 0.222 e. The number of carbonyl (C=O) groups excluding carboxylic acids is 1. The molecule has 1 fully saturated rings. The van der Waals surface area contributed by atoms with Gasteiger partial charge in [0.15, 0.2) is 0 Å². The topological polar surface area (TPSA) is 45.3 Å². The van der Waals surface area contributed by atoms with Gasteiger partial charge in [0.05, 0.1) is 7.11 Å². The molecule has 0 unspecified atom stereocenters. The lowest BCUT2D eigenvalue weighted by Gasteiger charge is -2.26. The van der Waals surface area contributed by atoms with Crippen LogP contribution in [0.5, 0.6) is 5.75 Å². The van der Waals surface area contributed by atoms with Crippen LogP contribution in [0.1, 0.15) is 31.2 Å². The van der Waals surface area contributed by atoms with Crippen LogP contribution < -0.4 is 4.74 Å². The lowest BCUT2D eigenvalue weighted by atomic mass is 10.00. The minimum Gasteiger partial charge on any atom is -0.497 e. The fraction of sp³-hybridized carbons (Fsp3) is 0.348. The highest BCUT2D eigenvalue weighted by atomic mass is 19.1. The number of hydrogen-bond donors (Lipinski definition) is 1. The van der Waals surface area contributed by atoms with Gasteiger partial charge in [-0.1, -0.05) is 0 Å². The van der Waals surface area contributed by atoms with Crippen molar-refractivity contribution in [2.45, 2.75) is 32.1 Å². The summed E-state index contributed by atoms with van der Waals surface area (Å²) in [7, 11) is 1.64. The number of H-pyrrole nitrogens is 1. The molecular formula is C23H25FN2O2. The van der Waals surface area contributed by atoms with E-state index in [2.05, 4.69) is 4.98 Å². The second-order valence-electron chi connectivity index (χ2n) is 7.34. The zero-order valence-corrected chi connectivity index (χ0v) is 16.1. The van der Waals surface area contributed by atoms with Crippen molar-refractivity contribution in [3.05, 3.63) is 53.8 Å². The summed E-state index contributed by atoms with van der Waals surface area (Å²) in [6.45, 7) is 1.71. The zero-order valence-electron chi connectivity index (χ0n) is 16.1. The SMILES string of the molecule is COc1ccc(-c2[nH]c3ccc(F)cc3c2CCC(=O)N2CCCCC2)cc1. The predicted molar refractivity (Wildman–Crippen MR) is 109 cm³/mol. The molecule has 1 aromatic heterocycles. The maximum atomic E-state index is 13.9. The molecule has 2 aromatic carbocycles. The molecule has 0 radical (unpaired) electrons. The van der Waals surface area contributed by atoms with Crippen molar-refractivity contribution >= 4 is 16.8 Å². The number of hydrogen-bond acceptors (Lipinski definition) is 2. The Hall–Kier alpha value is -2.82. The van der Waals surface area contributed by atoms with E-state index in [0.29, 0.717) is 12.8 Å². The maximum absolute atomic E-state index is 13.9. The summed E-state index contributed by atoms with van der Waals surface area (Å²) in [5.74, 6) is 0.704. The van der Waals surface area contributed by atoms with Gasteiger partial charge in [0, 0.05) is 36.1 Å². The number of carbonyl (C=O) groups is 1. The minimum atomic E-state index is -0.267. The first-order chi connectivity index (χ1) is 13.7. The normalized spacial score (nSPS) is 14.4. The molecule has 1 aliphatic heterocycles. The molecule has 0 bridgehead atoms. The molecule has 2 heterocycles. The predicted octanol–water partition coefficient (Wildman–Crippen LogP) is 4.93. The summed E-state index contributed by atoms with van der Waals surface area (Å²) in [6, 6.07) is 12.5. The number of aromatic nitrogens is 1. The van der Waals surface area contributed by atoms with Crippen molar-refractivity contribution in [2.75, 3.05) is 20.2 Å². The number of aryl methyl sites for hydroxylation is 1. The molecule has 0 saturated carbocycles. The number of ether oxygens (including phenoxy) is 1. The van der Waals surface area contributed by atoms with Gasteiger partial charge >= 0.3 is 0 Å². The first-order valence-corrected chi connectivity index (χ1v) is 9.88. The van der Waals surface area contributed by atoms with Crippen LogP contribution >= 0.6 is 0 Å². The Kier molecular flexibility index (Phi) is 5.33. The summed E-state index contributed by atoms with van der Waals surface area (Å²) in [5, 5.41) is 0.845. The molecular weight excluding hydrogens is 355 g/mol. The molecule has 28 heavy (non-hydrogen) atoms. The Labute approximate surface area is 164 Å². The summed E-state index contributed by atoms with van der Waals surface area (Å²) in [5.41, 5.74) is 3.81. The number of rotatable bonds is 5. The number of amides is 1. The minimum absolute atomic E-state index is 0.186. The first-order valence-electron chi connectivity index (χ1n) is 9.88. The third kappa shape index (κ3) is 3.75. The second-order valence-corrected chi connectivity index (χ2v) is 7.34. The number of methoxy groups -OCH3 is 1. The average Bonchev–Trinajstić information content (AvgIpc) is 3.10. The molecule has 4 nitrogen and oxygen atoms in total. The molecule has 146 valence electrons. The van der Waals surface area contributed by atoms with Crippen molar-refractivity contribution in [3.63, 3.8) is 0 Å². The molecule has 0 spiro atoms. The van der Waals surface area contributed by atoms with Crippen LogP contribution in [0.4, 0.5) is 4.39 Å². The van der Waals surface area contributed by atoms with E-state index >= 15 is 0 Å². The number of aromatic amines is 1. The Morgan fingerprint density at radius 1 is 1.11 bits per heavy atom. The summed E-state index contributed by atoms with van der Waals surface area (Å²) in [6.07, 6.45) is 4.39. The van der Waals surface area contributed by atoms with Crippen molar-refractivity contribution in [2.24, 2.45) is 0 Å². The van der Waals surface area contributed by atoms with Crippen LogP contribution in [-0.2, 0) is 11.2 Å². The number of benzene rings is 2. The van der Waals surface area contributed by atoms with Crippen LogP contribution in [-0.4, -0.2) is 36.0 Å². The van der Waals surface area contributed by atoms with Gasteiger partial charge < -0.3 is 14.6 Å². The fourth-order valence-corrected chi connectivity index (χ4v) is 4.02. The Morgan fingerprint density at radius 2 is 1.86 bits per heavy atom. The van der Waals surface area contributed by atoms with Crippen LogP contribution in [0, 0.1) is 5.82 Å². The number of nitrogens with zero attached hydrogens (tertiary/aromatic N) is 1. The van der Waals surface area contributed by atoms with Gasteiger partial charge in [-0.15, -0.1) is 0 Å². The van der Waals surface area contributed by atoms with Crippen LogP contribution in [0.15, 0.2) is 42.5 Å². The Morgan fingerprint density at radius 3 is 2.57 bits per heavy atom. The fourth-order valence-electron chi connectivity index (χ4n) is 4.02. The highest BCUT2D eigenvalue weighted by molar-refractivity contribution is 5.91. The van der Waals surface area contributed by atoms with E-state index in [1.165, 1.54) is 12.5 Å². The van der Waals surface area contributed by atoms with Crippen molar-refractivity contribution < 1.29 is 13.9 Å². The summed E-state index contributed by atoms with van der Waals surface area (Å²) < 4.78 is 19.2. The van der Waals surface area contributed by atoms with Gasteiger partial charge in [-0.2, -0.15) is 0 Å². The van der Waals surface area contributed by atoms with Crippen LogP contribution in [0.25, 0.3) is 22.2 Å². The molecule has 1 N–H and O–H groups in total. The van der Waals surface area contributed by atoms with Crippen LogP contribution in [0.3, 0.4) is 0 Å². The molecule has 0 atom stereocenters. The molecule has 1 saturated heterocycles. The van der Waals surface area contributed by atoms with Crippen LogP contribution in [0.2, 0.25) is 0 Å². The van der Waals surface area contributed by atoms with E-state index in [1.54, 1.807) is 19.2 Å². The van der Waals surface area contributed by atoms with E-state index in [4.69, 9.17) is 4.74 Å². The highest BCUT2D eigenvalue weighted by Crippen LogP contribution is 2.33. The Balaban J connectivity index is 1.66. The van der Waals surface area contributed by atoms with Gasteiger partial charge in [-0.25, -0.2) is 4.39 Å². The molecule has 3 aromatic rings. The van der Waals surface area contributed by atoms with E-state index in [-0.39, 0.29) is 11.7 Å². The summed E-state index contributed by atoms with van der Waals surface area (Å²) in [4.78, 5) is 18.0. The number of fused-ring (bicyclic) bond motifs is 1. The molecule has 5 heteroatoms. The van der Waals surface area contributed by atoms with Gasteiger partial charge in [-0.05, 0) is 79.3 Å². The standard InChI is InChI=1S/C23H25FN2O2/c1-28-18-8-5-16(6-9-18)23-19(20-15-17(24)7-11-21(20)25-23)10-12-22(27)26-13-3-2-4-14-26/h5-9,11,15,25H,2-4,10,12-14H2,1H3. The third-order valence-corrected chi connectivity index (χ3v) is 5.54. The summed E-state index contributed by atoms with van der Waals surface area (Å²) >= 11 is 0. The van der Waals surface area contributed by atoms with E-state index in [0.717, 1.165) is 59.4 Å². The molecule has 4 rings (SSSR count). The van der Waals surface area contributed by atoms with Gasteiger partial charge in [-0.3, -0.25) is 4.79 Å². The first kappa shape index (κ1) is 18.5.